The molecule has 0 aromatic carbocycles. The van der Waals surface area contributed by atoms with Crippen molar-refractivity contribution < 1.29 is 0 Å². The van der Waals surface area contributed by atoms with E-state index in [-0.39, 0.29) is 0 Å². The molecular formula is C11H22N2. The topological polar surface area (TPSA) is 29.3 Å². The lowest BCUT2D eigenvalue weighted by Gasteiger charge is -2.26. The summed E-state index contributed by atoms with van der Waals surface area (Å²) in [6.07, 6.45) is 7.08. The minimum absolute atomic E-state index is 0.629. The van der Waals surface area contributed by atoms with Crippen molar-refractivity contribution in [2.75, 3.05) is 20.1 Å². The summed E-state index contributed by atoms with van der Waals surface area (Å²) >= 11 is 0. The molecule has 1 aliphatic carbocycles. The molecule has 2 heteroatoms. The van der Waals surface area contributed by atoms with E-state index in [1.807, 2.05) is 6.08 Å². The first-order valence-electron chi connectivity index (χ1n) is 5.30. The molecule has 0 spiro atoms. The molecule has 0 radical (unpaired) electrons. The molecule has 0 aliphatic heterocycles. The van der Waals surface area contributed by atoms with Gasteiger partial charge in [0.25, 0.3) is 0 Å². The van der Waals surface area contributed by atoms with Gasteiger partial charge in [-0.15, -0.1) is 6.58 Å². The van der Waals surface area contributed by atoms with Crippen molar-refractivity contribution in [2.24, 2.45) is 11.7 Å². The highest BCUT2D eigenvalue weighted by Crippen LogP contribution is 2.34. The van der Waals surface area contributed by atoms with E-state index >= 15 is 0 Å². The van der Waals surface area contributed by atoms with Crippen LogP contribution in [-0.2, 0) is 0 Å². The molecule has 0 amide bonds. The van der Waals surface area contributed by atoms with Crippen LogP contribution in [0.3, 0.4) is 0 Å². The molecule has 0 aromatic heterocycles. The lowest BCUT2D eigenvalue weighted by Crippen LogP contribution is -2.40. The van der Waals surface area contributed by atoms with E-state index in [9.17, 15) is 0 Å². The molecule has 0 bridgehead atoms. The molecule has 0 heterocycles. The Morgan fingerprint density at radius 1 is 1.62 bits per heavy atom. The largest absolute Gasteiger partial charge is 0.329 e. The number of allylic oxidation sites excluding steroid dienone is 1. The maximum atomic E-state index is 5.76. The highest BCUT2D eigenvalue weighted by Gasteiger charge is 2.32. The summed E-state index contributed by atoms with van der Waals surface area (Å²) in [6.45, 7) is 5.70. The van der Waals surface area contributed by atoms with E-state index in [2.05, 4.69) is 18.5 Å². The summed E-state index contributed by atoms with van der Waals surface area (Å²) in [5.41, 5.74) is 5.76. The third kappa shape index (κ3) is 3.49. The van der Waals surface area contributed by atoms with Crippen LogP contribution in [0.2, 0.25) is 0 Å². The first-order valence-corrected chi connectivity index (χ1v) is 5.30. The monoisotopic (exact) mass is 182 g/mol. The molecule has 1 fully saturated rings. The Morgan fingerprint density at radius 2 is 2.31 bits per heavy atom. The van der Waals surface area contributed by atoms with Gasteiger partial charge in [-0.3, -0.25) is 0 Å². The fourth-order valence-corrected chi connectivity index (χ4v) is 1.86. The molecule has 1 atom stereocenters. The first kappa shape index (κ1) is 10.7. The molecule has 0 saturated heterocycles. The summed E-state index contributed by atoms with van der Waals surface area (Å²) in [5.74, 6) is 0.888. The maximum absolute atomic E-state index is 5.76. The van der Waals surface area contributed by atoms with Crippen LogP contribution >= 0.6 is 0 Å². The smallest absolute Gasteiger partial charge is 0.0243 e. The molecule has 2 nitrogen and oxygen atoms in total. The van der Waals surface area contributed by atoms with Gasteiger partial charge in [-0.2, -0.15) is 0 Å². The fourth-order valence-electron chi connectivity index (χ4n) is 1.86. The summed E-state index contributed by atoms with van der Waals surface area (Å²) in [6, 6.07) is 0.629. The maximum Gasteiger partial charge on any atom is 0.0243 e. The van der Waals surface area contributed by atoms with Crippen LogP contribution < -0.4 is 5.73 Å². The van der Waals surface area contributed by atoms with Gasteiger partial charge in [0.2, 0.25) is 0 Å². The minimum atomic E-state index is 0.629. The molecule has 2 N–H and O–H groups in total. The van der Waals surface area contributed by atoms with E-state index in [0.29, 0.717) is 6.04 Å². The zero-order chi connectivity index (χ0) is 9.68. The van der Waals surface area contributed by atoms with Gasteiger partial charge in [0.05, 0.1) is 0 Å². The molecule has 1 saturated carbocycles. The second kappa shape index (κ2) is 5.40. The predicted molar refractivity (Wildman–Crippen MR) is 57.6 cm³/mol. The van der Waals surface area contributed by atoms with Gasteiger partial charge < -0.3 is 10.6 Å². The highest BCUT2D eigenvalue weighted by atomic mass is 15.1. The second-order valence-corrected chi connectivity index (χ2v) is 4.05. The van der Waals surface area contributed by atoms with Crippen LogP contribution in [0.5, 0.6) is 0 Å². The van der Waals surface area contributed by atoms with Crippen molar-refractivity contribution in [1.82, 2.24) is 4.90 Å². The number of hydrogen-bond acceptors (Lipinski definition) is 2. The van der Waals surface area contributed by atoms with Gasteiger partial charge in [0.1, 0.15) is 0 Å². The van der Waals surface area contributed by atoms with E-state index in [0.717, 1.165) is 25.4 Å². The molecule has 76 valence electrons. The van der Waals surface area contributed by atoms with Gasteiger partial charge >= 0.3 is 0 Å². The van der Waals surface area contributed by atoms with Gasteiger partial charge in [-0.05, 0) is 45.2 Å². The van der Waals surface area contributed by atoms with Crippen LogP contribution in [0.4, 0.5) is 0 Å². The standard InChI is InChI=1S/C11H22N2/c1-3-4-5-8-13(2)11(9-12)10-6-7-10/h3,10-11H,1,4-9,12H2,2H3. The lowest BCUT2D eigenvalue weighted by atomic mass is 10.1. The number of nitrogens with zero attached hydrogens (tertiary/aromatic N) is 1. The lowest BCUT2D eigenvalue weighted by molar-refractivity contribution is 0.222. The van der Waals surface area contributed by atoms with Crippen LogP contribution in [0.15, 0.2) is 12.7 Å². The van der Waals surface area contributed by atoms with E-state index < -0.39 is 0 Å². The third-order valence-electron chi connectivity index (χ3n) is 2.89. The molecule has 1 unspecified atom stereocenters. The Balaban J connectivity index is 2.18. The first-order chi connectivity index (χ1) is 6.29. The predicted octanol–water partition coefficient (Wildman–Crippen LogP) is 1.62. The molecule has 0 aromatic rings. The minimum Gasteiger partial charge on any atom is -0.329 e. The summed E-state index contributed by atoms with van der Waals surface area (Å²) in [5, 5.41) is 0. The fraction of sp³-hybridized carbons (Fsp3) is 0.818. The number of hydrogen-bond donors (Lipinski definition) is 1. The SMILES string of the molecule is C=CCCCN(C)C(CN)C1CC1. The number of unbranched alkanes of at least 4 members (excludes halogenated alkanes) is 1. The zero-order valence-electron chi connectivity index (χ0n) is 8.71. The van der Waals surface area contributed by atoms with E-state index in [1.54, 1.807) is 0 Å². The third-order valence-corrected chi connectivity index (χ3v) is 2.89. The summed E-state index contributed by atoms with van der Waals surface area (Å²) in [4.78, 5) is 2.42. The Kier molecular flexibility index (Phi) is 4.46. The van der Waals surface area contributed by atoms with E-state index in [4.69, 9.17) is 5.73 Å². The average molecular weight is 182 g/mol. The van der Waals surface area contributed by atoms with Crippen LogP contribution in [-0.4, -0.2) is 31.1 Å². The van der Waals surface area contributed by atoms with Gasteiger partial charge in [-0.1, -0.05) is 6.08 Å². The van der Waals surface area contributed by atoms with Crippen molar-refractivity contribution in [1.29, 1.82) is 0 Å². The average Bonchev–Trinajstić information content (AvgIpc) is 2.90. The van der Waals surface area contributed by atoms with Crippen LogP contribution in [0, 0.1) is 5.92 Å². The Hall–Kier alpha value is -0.340. The van der Waals surface area contributed by atoms with Crippen LogP contribution in [0.25, 0.3) is 0 Å². The number of nitrogens with two attached hydrogens (primary N) is 1. The van der Waals surface area contributed by atoms with Gasteiger partial charge in [-0.25, -0.2) is 0 Å². The van der Waals surface area contributed by atoms with Crippen molar-refractivity contribution in [3.05, 3.63) is 12.7 Å². The molecule has 13 heavy (non-hydrogen) atoms. The van der Waals surface area contributed by atoms with Gasteiger partial charge in [0.15, 0.2) is 0 Å². The van der Waals surface area contributed by atoms with Crippen molar-refractivity contribution in [3.8, 4) is 0 Å². The Morgan fingerprint density at radius 3 is 2.77 bits per heavy atom. The van der Waals surface area contributed by atoms with Crippen molar-refractivity contribution >= 4 is 0 Å². The van der Waals surface area contributed by atoms with Gasteiger partial charge in [0, 0.05) is 12.6 Å². The molecule has 1 aliphatic rings. The quantitative estimate of drug-likeness (QED) is 0.479. The number of rotatable bonds is 7. The second-order valence-electron chi connectivity index (χ2n) is 4.05. The summed E-state index contributed by atoms with van der Waals surface area (Å²) < 4.78 is 0. The van der Waals surface area contributed by atoms with Crippen molar-refractivity contribution in [3.63, 3.8) is 0 Å². The molecule has 1 rings (SSSR count). The Bertz CT molecular complexity index is 152. The van der Waals surface area contributed by atoms with Crippen molar-refractivity contribution in [2.45, 2.75) is 31.7 Å². The molecular weight excluding hydrogens is 160 g/mol. The Labute approximate surface area is 81.8 Å². The summed E-state index contributed by atoms with van der Waals surface area (Å²) in [7, 11) is 2.19. The zero-order valence-corrected chi connectivity index (χ0v) is 8.71. The normalized spacial score (nSPS) is 19.0. The van der Waals surface area contributed by atoms with E-state index in [1.165, 1.54) is 19.3 Å². The highest BCUT2D eigenvalue weighted by molar-refractivity contribution is 4.87. The van der Waals surface area contributed by atoms with Crippen LogP contribution in [0.1, 0.15) is 25.7 Å². The number of likely N-dealkylation sites (N-methyl/N-ethyl adjacent to an activating group) is 1.